The van der Waals surface area contributed by atoms with Crippen LogP contribution < -0.4 is 10.0 Å². The molecule has 21 heavy (non-hydrogen) atoms. The number of thioether (sulfide) groups is 1. The van der Waals surface area contributed by atoms with Gasteiger partial charge in [0.2, 0.25) is 10.0 Å². The molecule has 1 atom stereocenters. The Morgan fingerprint density at radius 1 is 1.29 bits per heavy atom. The van der Waals surface area contributed by atoms with Crippen LogP contribution >= 0.6 is 11.8 Å². The molecule has 0 aliphatic rings. The van der Waals surface area contributed by atoms with Crippen LogP contribution in [0, 0.1) is 6.92 Å². The summed E-state index contributed by atoms with van der Waals surface area (Å²) in [7, 11) is -3.45. The van der Waals surface area contributed by atoms with Crippen molar-refractivity contribution >= 4 is 21.8 Å². The topological polar surface area (TPSA) is 58.2 Å². The Bertz CT molecular complexity index is 545. The third-order valence-electron chi connectivity index (χ3n) is 3.12. The average Bonchev–Trinajstić information content (AvgIpc) is 2.43. The summed E-state index contributed by atoms with van der Waals surface area (Å²) >= 11 is 1.73. The Balaban J connectivity index is 2.87. The summed E-state index contributed by atoms with van der Waals surface area (Å²) in [6.07, 6.45) is 0. The maximum atomic E-state index is 12.4. The third kappa shape index (κ3) is 5.98. The van der Waals surface area contributed by atoms with Crippen molar-refractivity contribution in [3.63, 3.8) is 0 Å². The Kier molecular flexibility index (Phi) is 7.73. The van der Waals surface area contributed by atoms with Crippen LogP contribution in [0.25, 0.3) is 0 Å². The molecule has 2 N–H and O–H groups in total. The summed E-state index contributed by atoms with van der Waals surface area (Å²) in [5.41, 5.74) is 2.12. The van der Waals surface area contributed by atoms with E-state index in [4.69, 9.17) is 0 Å². The van der Waals surface area contributed by atoms with E-state index in [-0.39, 0.29) is 6.04 Å². The van der Waals surface area contributed by atoms with Crippen LogP contribution in [-0.2, 0) is 16.6 Å². The summed E-state index contributed by atoms with van der Waals surface area (Å²) in [5, 5.41) is 3.23. The van der Waals surface area contributed by atoms with Gasteiger partial charge in [-0.25, -0.2) is 13.1 Å². The zero-order chi connectivity index (χ0) is 15.9. The summed E-state index contributed by atoms with van der Waals surface area (Å²) in [5.74, 6) is 1.77. The van der Waals surface area contributed by atoms with Crippen molar-refractivity contribution in [2.24, 2.45) is 0 Å². The normalized spacial score (nSPS) is 13.3. The number of nitrogens with one attached hydrogen (secondary N) is 2. The van der Waals surface area contributed by atoms with Gasteiger partial charge in [0.1, 0.15) is 0 Å². The molecule has 0 amide bonds. The Labute approximate surface area is 133 Å². The molecule has 6 heteroatoms. The van der Waals surface area contributed by atoms with Gasteiger partial charge in [0, 0.05) is 18.3 Å². The fourth-order valence-electron chi connectivity index (χ4n) is 1.93. The fourth-order valence-corrected chi connectivity index (χ4v) is 4.00. The number of aryl methyl sites for hydroxylation is 1. The lowest BCUT2D eigenvalue weighted by molar-refractivity contribution is 0.570. The molecule has 0 aliphatic heterocycles. The van der Waals surface area contributed by atoms with Crippen LogP contribution in [0.2, 0.25) is 0 Å². The first-order valence-electron chi connectivity index (χ1n) is 7.31. The Hall–Kier alpha value is -0.560. The monoisotopic (exact) mass is 330 g/mol. The molecule has 1 aromatic carbocycles. The smallest absolute Gasteiger partial charge is 0.240 e. The second-order valence-corrected chi connectivity index (χ2v) is 8.08. The van der Waals surface area contributed by atoms with E-state index in [0.717, 1.165) is 29.2 Å². The molecule has 120 valence electrons. The van der Waals surface area contributed by atoms with E-state index in [1.54, 1.807) is 23.9 Å². The largest absolute Gasteiger partial charge is 0.313 e. The van der Waals surface area contributed by atoms with E-state index >= 15 is 0 Å². The lowest BCUT2D eigenvalue weighted by Gasteiger charge is -2.15. The van der Waals surface area contributed by atoms with Gasteiger partial charge >= 0.3 is 0 Å². The van der Waals surface area contributed by atoms with Gasteiger partial charge in [-0.1, -0.05) is 19.9 Å². The lowest BCUT2D eigenvalue weighted by atomic mass is 10.1. The number of hydrogen-bond acceptors (Lipinski definition) is 4. The first-order valence-corrected chi connectivity index (χ1v) is 9.94. The molecule has 1 aromatic rings. The van der Waals surface area contributed by atoms with E-state index in [0.29, 0.717) is 11.4 Å². The molecule has 0 aliphatic carbocycles. The van der Waals surface area contributed by atoms with E-state index < -0.39 is 10.0 Å². The SMILES string of the molecule is CCNCc1cc(S(=O)(=O)NC(C)CSCC)ccc1C. The molecule has 0 aromatic heterocycles. The van der Waals surface area contributed by atoms with Crippen LogP contribution in [0.1, 0.15) is 31.9 Å². The van der Waals surface area contributed by atoms with Crippen LogP contribution in [0.15, 0.2) is 23.1 Å². The highest BCUT2D eigenvalue weighted by Gasteiger charge is 2.18. The fraction of sp³-hybridized carbons (Fsp3) is 0.600. The quantitative estimate of drug-likeness (QED) is 0.730. The molecule has 0 bridgehead atoms. The van der Waals surface area contributed by atoms with Gasteiger partial charge in [-0.05, 0) is 49.4 Å². The standard InChI is InChI=1S/C15H26N2O2S2/c1-5-16-10-14-9-15(8-7-12(14)3)21(18,19)17-13(4)11-20-6-2/h7-9,13,16-17H,5-6,10-11H2,1-4H3. The minimum Gasteiger partial charge on any atom is -0.313 e. The molecule has 4 nitrogen and oxygen atoms in total. The zero-order valence-electron chi connectivity index (χ0n) is 13.3. The maximum absolute atomic E-state index is 12.4. The third-order valence-corrected chi connectivity index (χ3v) is 5.86. The van der Waals surface area contributed by atoms with Crippen molar-refractivity contribution in [3.8, 4) is 0 Å². The molecule has 0 heterocycles. The van der Waals surface area contributed by atoms with Crippen molar-refractivity contribution in [2.45, 2.75) is 45.2 Å². The minimum absolute atomic E-state index is 0.0709. The van der Waals surface area contributed by atoms with E-state index in [1.165, 1.54) is 0 Å². The highest BCUT2D eigenvalue weighted by Crippen LogP contribution is 2.16. The van der Waals surface area contributed by atoms with Crippen LogP contribution in [-0.4, -0.2) is 32.5 Å². The highest BCUT2D eigenvalue weighted by atomic mass is 32.2. The Morgan fingerprint density at radius 3 is 2.62 bits per heavy atom. The van der Waals surface area contributed by atoms with Crippen LogP contribution in [0.4, 0.5) is 0 Å². The maximum Gasteiger partial charge on any atom is 0.240 e. The first-order chi connectivity index (χ1) is 9.90. The van der Waals surface area contributed by atoms with E-state index in [2.05, 4.69) is 17.0 Å². The number of rotatable bonds is 9. The van der Waals surface area contributed by atoms with Crippen LogP contribution in [0.5, 0.6) is 0 Å². The van der Waals surface area contributed by atoms with Gasteiger partial charge in [0.25, 0.3) is 0 Å². The van der Waals surface area contributed by atoms with Gasteiger partial charge in [0.15, 0.2) is 0 Å². The predicted octanol–water partition coefficient (Wildman–Crippen LogP) is 2.52. The molecule has 0 saturated carbocycles. The average molecular weight is 331 g/mol. The van der Waals surface area contributed by atoms with Gasteiger partial charge in [-0.2, -0.15) is 11.8 Å². The van der Waals surface area contributed by atoms with Gasteiger partial charge in [-0.3, -0.25) is 0 Å². The molecule has 0 saturated heterocycles. The van der Waals surface area contributed by atoms with E-state index in [1.807, 2.05) is 26.8 Å². The molecule has 0 spiro atoms. The lowest BCUT2D eigenvalue weighted by Crippen LogP contribution is -2.34. The van der Waals surface area contributed by atoms with Crippen molar-refractivity contribution < 1.29 is 8.42 Å². The first kappa shape index (κ1) is 18.5. The predicted molar refractivity (Wildman–Crippen MR) is 91.3 cm³/mol. The van der Waals surface area contributed by atoms with Gasteiger partial charge in [-0.15, -0.1) is 0 Å². The van der Waals surface area contributed by atoms with Crippen molar-refractivity contribution in [3.05, 3.63) is 29.3 Å². The molecular weight excluding hydrogens is 304 g/mol. The molecule has 1 unspecified atom stereocenters. The second-order valence-electron chi connectivity index (χ2n) is 5.05. The molecular formula is C15H26N2O2S2. The summed E-state index contributed by atoms with van der Waals surface area (Å²) in [6.45, 7) is 9.54. The molecule has 1 rings (SSSR count). The van der Waals surface area contributed by atoms with Gasteiger partial charge < -0.3 is 5.32 Å². The summed E-state index contributed by atoms with van der Waals surface area (Å²) in [4.78, 5) is 0.342. The summed E-state index contributed by atoms with van der Waals surface area (Å²) < 4.78 is 27.5. The zero-order valence-corrected chi connectivity index (χ0v) is 14.9. The van der Waals surface area contributed by atoms with Gasteiger partial charge in [0.05, 0.1) is 4.90 Å². The highest BCUT2D eigenvalue weighted by molar-refractivity contribution is 7.99. The summed E-state index contributed by atoms with van der Waals surface area (Å²) in [6, 6.07) is 5.23. The minimum atomic E-state index is -3.45. The van der Waals surface area contributed by atoms with Crippen LogP contribution in [0.3, 0.4) is 0 Å². The van der Waals surface area contributed by atoms with Crippen molar-refractivity contribution in [1.82, 2.24) is 10.0 Å². The number of sulfonamides is 1. The number of benzene rings is 1. The molecule has 0 fully saturated rings. The second kappa shape index (κ2) is 8.78. The van der Waals surface area contributed by atoms with Crippen molar-refractivity contribution in [2.75, 3.05) is 18.1 Å². The molecule has 0 radical (unpaired) electrons. The number of hydrogen-bond donors (Lipinski definition) is 2. The van der Waals surface area contributed by atoms with E-state index in [9.17, 15) is 8.42 Å². The van der Waals surface area contributed by atoms with Crippen molar-refractivity contribution in [1.29, 1.82) is 0 Å². The Morgan fingerprint density at radius 2 is 2.00 bits per heavy atom.